The second-order valence-electron chi connectivity index (χ2n) is 5.02. The van der Waals surface area contributed by atoms with Gasteiger partial charge in [0.2, 0.25) is 0 Å². The zero-order valence-corrected chi connectivity index (χ0v) is 11.6. The predicted molar refractivity (Wildman–Crippen MR) is 81.0 cm³/mol. The summed E-state index contributed by atoms with van der Waals surface area (Å²) in [6.07, 6.45) is 3.63. The molecule has 4 nitrogen and oxygen atoms in total. The normalized spacial score (nSPS) is 11.0. The Morgan fingerprint density at radius 1 is 1.38 bits per heavy atom. The molecule has 2 aromatic heterocycles. The molecule has 3 aromatic rings. The zero-order valence-electron chi connectivity index (χ0n) is 11.6. The van der Waals surface area contributed by atoms with Crippen LogP contribution in [0.25, 0.3) is 11.0 Å². The SMILES string of the molecule is Cc1cc(C(=N)N)cc(F)c1Cn1ccc2ncccc21. The van der Waals surface area contributed by atoms with Crippen LogP contribution in [0, 0.1) is 18.2 Å². The third-order valence-corrected chi connectivity index (χ3v) is 3.60. The Balaban J connectivity index is 2.04. The molecule has 1 aromatic carbocycles. The van der Waals surface area contributed by atoms with Crippen molar-refractivity contribution in [3.63, 3.8) is 0 Å². The van der Waals surface area contributed by atoms with E-state index in [0.29, 0.717) is 17.7 Å². The number of halogens is 1. The van der Waals surface area contributed by atoms with Crippen molar-refractivity contribution < 1.29 is 4.39 Å². The number of aromatic nitrogens is 2. The molecule has 0 bridgehead atoms. The largest absolute Gasteiger partial charge is 0.384 e. The lowest BCUT2D eigenvalue weighted by Gasteiger charge is -2.11. The minimum atomic E-state index is -0.342. The molecule has 0 amide bonds. The molecule has 0 saturated heterocycles. The molecule has 5 heteroatoms. The number of nitrogen functional groups attached to an aromatic ring is 1. The van der Waals surface area contributed by atoms with E-state index < -0.39 is 0 Å². The smallest absolute Gasteiger partial charge is 0.129 e. The lowest BCUT2D eigenvalue weighted by molar-refractivity contribution is 0.599. The number of amidine groups is 1. The average Bonchev–Trinajstić information content (AvgIpc) is 2.86. The minimum Gasteiger partial charge on any atom is -0.384 e. The van der Waals surface area contributed by atoms with Crippen LogP contribution in [0.3, 0.4) is 0 Å². The van der Waals surface area contributed by atoms with Gasteiger partial charge in [0.25, 0.3) is 0 Å². The van der Waals surface area contributed by atoms with Gasteiger partial charge in [-0.2, -0.15) is 0 Å². The Hall–Kier alpha value is -2.69. The van der Waals surface area contributed by atoms with Crippen molar-refractivity contribution >= 4 is 16.9 Å². The zero-order chi connectivity index (χ0) is 15.0. The second-order valence-corrected chi connectivity index (χ2v) is 5.02. The van der Waals surface area contributed by atoms with Gasteiger partial charge in [0.1, 0.15) is 11.7 Å². The van der Waals surface area contributed by atoms with Gasteiger partial charge in [-0.15, -0.1) is 0 Å². The van der Waals surface area contributed by atoms with Crippen molar-refractivity contribution in [2.45, 2.75) is 13.5 Å². The number of benzene rings is 1. The van der Waals surface area contributed by atoms with Gasteiger partial charge in [-0.05, 0) is 42.8 Å². The molecule has 0 aliphatic rings. The molecule has 106 valence electrons. The summed E-state index contributed by atoms with van der Waals surface area (Å²) in [5.41, 5.74) is 9.06. The van der Waals surface area contributed by atoms with E-state index in [9.17, 15) is 4.39 Å². The fourth-order valence-electron chi connectivity index (χ4n) is 2.46. The first-order chi connectivity index (χ1) is 10.1. The third kappa shape index (κ3) is 2.38. The van der Waals surface area contributed by atoms with Crippen LogP contribution in [0.1, 0.15) is 16.7 Å². The average molecular weight is 282 g/mol. The maximum atomic E-state index is 14.3. The van der Waals surface area contributed by atoms with E-state index >= 15 is 0 Å². The number of nitrogens with zero attached hydrogens (tertiary/aromatic N) is 2. The number of fused-ring (bicyclic) bond motifs is 1. The molecule has 0 saturated carbocycles. The van der Waals surface area contributed by atoms with Gasteiger partial charge in [-0.1, -0.05) is 0 Å². The van der Waals surface area contributed by atoms with Gasteiger partial charge in [-0.3, -0.25) is 10.4 Å². The van der Waals surface area contributed by atoms with Crippen LogP contribution in [-0.2, 0) is 6.54 Å². The Kier molecular flexibility index (Phi) is 3.17. The van der Waals surface area contributed by atoms with E-state index in [-0.39, 0.29) is 11.7 Å². The summed E-state index contributed by atoms with van der Waals surface area (Å²) in [5, 5.41) is 7.40. The molecule has 3 N–H and O–H groups in total. The van der Waals surface area contributed by atoms with E-state index in [2.05, 4.69) is 4.98 Å². The number of rotatable bonds is 3. The monoisotopic (exact) mass is 282 g/mol. The van der Waals surface area contributed by atoms with Crippen molar-refractivity contribution in [1.29, 1.82) is 5.41 Å². The summed E-state index contributed by atoms with van der Waals surface area (Å²) in [7, 11) is 0. The quantitative estimate of drug-likeness (QED) is 0.573. The first-order valence-electron chi connectivity index (χ1n) is 6.59. The minimum absolute atomic E-state index is 0.126. The number of aryl methyl sites for hydroxylation is 1. The van der Waals surface area contributed by atoms with Gasteiger partial charge in [-0.25, -0.2) is 4.39 Å². The highest BCUT2D eigenvalue weighted by Gasteiger charge is 2.11. The molecule has 0 fully saturated rings. The Morgan fingerprint density at radius 3 is 2.90 bits per heavy atom. The van der Waals surface area contributed by atoms with Crippen LogP contribution in [0.4, 0.5) is 4.39 Å². The number of hydrogen-bond donors (Lipinski definition) is 2. The first kappa shape index (κ1) is 13.3. The summed E-state index contributed by atoms with van der Waals surface area (Å²) < 4.78 is 16.2. The Morgan fingerprint density at radius 2 is 2.19 bits per heavy atom. The highest BCUT2D eigenvalue weighted by Crippen LogP contribution is 2.20. The number of nitrogens with one attached hydrogen (secondary N) is 1. The van der Waals surface area contributed by atoms with Gasteiger partial charge in [0.15, 0.2) is 0 Å². The molecule has 0 unspecified atom stereocenters. The number of hydrogen-bond acceptors (Lipinski definition) is 2. The lowest BCUT2D eigenvalue weighted by atomic mass is 10.0. The summed E-state index contributed by atoms with van der Waals surface area (Å²) >= 11 is 0. The molecular formula is C16H15FN4. The molecule has 0 aliphatic carbocycles. The number of pyridine rings is 1. The molecule has 0 radical (unpaired) electrons. The van der Waals surface area contributed by atoms with Gasteiger partial charge in [0.05, 0.1) is 17.6 Å². The van der Waals surface area contributed by atoms with Crippen molar-refractivity contribution in [1.82, 2.24) is 9.55 Å². The fourth-order valence-corrected chi connectivity index (χ4v) is 2.46. The van der Waals surface area contributed by atoms with Crippen LogP contribution in [0.15, 0.2) is 42.7 Å². The Labute approximate surface area is 121 Å². The first-order valence-corrected chi connectivity index (χ1v) is 6.59. The van der Waals surface area contributed by atoms with E-state index in [1.165, 1.54) is 6.07 Å². The van der Waals surface area contributed by atoms with Crippen molar-refractivity contribution in [2.75, 3.05) is 0 Å². The summed E-state index contributed by atoms with van der Waals surface area (Å²) in [6, 6.07) is 8.78. The topological polar surface area (TPSA) is 67.7 Å². The summed E-state index contributed by atoms with van der Waals surface area (Å²) in [4.78, 5) is 4.27. The van der Waals surface area contributed by atoms with Crippen LogP contribution < -0.4 is 5.73 Å². The molecule has 3 rings (SSSR count). The third-order valence-electron chi connectivity index (χ3n) is 3.60. The van der Waals surface area contributed by atoms with Gasteiger partial charge >= 0.3 is 0 Å². The van der Waals surface area contributed by atoms with Crippen LogP contribution in [0.5, 0.6) is 0 Å². The standard InChI is InChI=1S/C16H15FN4/c1-10-7-11(16(18)19)8-13(17)12(10)9-21-6-4-14-15(21)3-2-5-20-14/h2-8H,9H2,1H3,(H3,18,19). The van der Waals surface area contributed by atoms with Crippen LogP contribution in [0.2, 0.25) is 0 Å². The second kappa shape index (κ2) is 5.01. The molecule has 0 aliphatic heterocycles. The van der Waals surface area contributed by atoms with Crippen molar-refractivity contribution in [3.05, 3.63) is 65.2 Å². The van der Waals surface area contributed by atoms with Crippen LogP contribution in [-0.4, -0.2) is 15.4 Å². The maximum Gasteiger partial charge on any atom is 0.129 e. The molecule has 0 atom stereocenters. The molecule has 21 heavy (non-hydrogen) atoms. The van der Waals surface area contributed by atoms with Crippen LogP contribution >= 0.6 is 0 Å². The lowest BCUT2D eigenvalue weighted by Crippen LogP contribution is -2.13. The highest BCUT2D eigenvalue weighted by atomic mass is 19.1. The molecular weight excluding hydrogens is 267 g/mol. The summed E-state index contributed by atoms with van der Waals surface area (Å²) in [5.74, 6) is -0.467. The van der Waals surface area contributed by atoms with E-state index in [0.717, 1.165) is 16.6 Å². The van der Waals surface area contributed by atoms with Crippen molar-refractivity contribution in [3.8, 4) is 0 Å². The maximum absolute atomic E-state index is 14.3. The number of nitrogens with two attached hydrogens (primary N) is 1. The highest BCUT2D eigenvalue weighted by molar-refractivity contribution is 5.95. The van der Waals surface area contributed by atoms with Crippen molar-refractivity contribution in [2.24, 2.45) is 5.73 Å². The molecule has 0 spiro atoms. The van der Waals surface area contributed by atoms with Gasteiger partial charge < -0.3 is 10.3 Å². The van der Waals surface area contributed by atoms with E-state index in [1.807, 2.05) is 35.9 Å². The van der Waals surface area contributed by atoms with E-state index in [4.69, 9.17) is 11.1 Å². The van der Waals surface area contributed by atoms with Gasteiger partial charge in [0, 0.05) is 23.5 Å². The fraction of sp³-hybridized carbons (Fsp3) is 0.125. The molecule has 2 heterocycles. The van der Waals surface area contributed by atoms with E-state index in [1.54, 1.807) is 12.3 Å². The summed E-state index contributed by atoms with van der Waals surface area (Å²) in [6.45, 7) is 2.25. The Bertz CT molecular complexity index is 812. The predicted octanol–water partition coefficient (Wildman–Crippen LogP) is 2.82.